The second-order valence-corrected chi connectivity index (χ2v) is 5.00. The van der Waals surface area contributed by atoms with Crippen LogP contribution in [-0.4, -0.2) is 47.0 Å². The lowest BCUT2D eigenvalue weighted by atomic mass is 10.2. The lowest BCUT2D eigenvalue weighted by Crippen LogP contribution is -2.06. The van der Waals surface area contributed by atoms with Gasteiger partial charge in [-0.2, -0.15) is 0 Å². The minimum atomic E-state index is 0.295. The molecule has 0 aliphatic carbocycles. The molecule has 0 unspecified atom stereocenters. The molecule has 0 N–H and O–H groups in total. The Morgan fingerprint density at radius 3 is 2.68 bits per heavy atom. The van der Waals surface area contributed by atoms with Crippen molar-refractivity contribution in [2.45, 2.75) is 6.92 Å². The van der Waals surface area contributed by atoms with Crippen molar-refractivity contribution in [1.82, 2.24) is 19.6 Å². The SMILES string of the molecule is COCCOc1cc2c(cc1OC)nc(Cl)c1nnc(C)n12. The van der Waals surface area contributed by atoms with Gasteiger partial charge in [0.2, 0.25) is 0 Å². The number of ether oxygens (including phenoxy) is 3. The van der Waals surface area contributed by atoms with Gasteiger partial charge in [-0.15, -0.1) is 10.2 Å². The summed E-state index contributed by atoms with van der Waals surface area (Å²) in [6, 6.07) is 3.62. The number of hydrogen-bond acceptors (Lipinski definition) is 6. The zero-order valence-corrected chi connectivity index (χ0v) is 13.2. The maximum Gasteiger partial charge on any atom is 0.199 e. The molecule has 0 aliphatic heterocycles. The van der Waals surface area contributed by atoms with Crippen molar-refractivity contribution in [3.63, 3.8) is 0 Å². The Labute approximate surface area is 131 Å². The van der Waals surface area contributed by atoms with Crippen LogP contribution in [0.25, 0.3) is 16.7 Å². The highest BCUT2D eigenvalue weighted by Gasteiger charge is 2.15. The summed E-state index contributed by atoms with van der Waals surface area (Å²) in [5.41, 5.74) is 1.99. The van der Waals surface area contributed by atoms with Gasteiger partial charge in [0.05, 0.1) is 24.8 Å². The standard InChI is InChI=1S/C14H15ClN4O3/c1-8-17-18-14-13(15)16-9-6-11(21-3)12(22-5-4-20-2)7-10(9)19(8)14/h6-7H,4-5H2,1-3H3. The number of fused-ring (bicyclic) bond motifs is 3. The minimum absolute atomic E-state index is 0.295. The van der Waals surface area contributed by atoms with Gasteiger partial charge in [-0.25, -0.2) is 4.98 Å². The summed E-state index contributed by atoms with van der Waals surface area (Å²) >= 11 is 6.16. The molecule has 0 saturated heterocycles. The topological polar surface area (TPSA) is 70.8 Å². The van der Waals surface area contributed by atoms with Gasteiger partial charge in [-0.05, 0) is 6.92 Å². The molecule has 0 saturated carbocycles. The Morgan fingerprint density at radius 2 is 1.95 bits per heavy atom. The zero-order chi connectivity index (χ0) is 15.7. The predicted molar refractivity (Wildman–Crippen MR) is 82.0 cm³/mol. The van der Waals surface area contributed by atoms with Crippen LogP contribution in [0.3, 0.4) is 0 Å². The number of rotatable bonds is 5. The van der Waals surface area contributed by atoms with Crippen LogP contribution in [0.15, 0.2) is 12.1 Å². The van der Waals surface area contributed by atoms with Crippen molar-refractivity contribution >= 4 is 28.3 Å². The molecule has 2 aromatic heterocycles. The highest BCUT2D eigenvalue weighted by atomic mass is 35.5. The Kier molecular flexibility index (Phi) is 4.00. The normalized spacial score (nSPS) is 11.3. The maximum atomic E-state index is 6.16. The van der Waals surface area contributed by atoms with Crippen LogP contribution in [0.5, 0.6) is 11.5 Å². The van der Waals surface area contributed by atoms with Crippen molar-refractivity contribution in [2.24, 2.45) is 0 Å². The molecule has 22 heavy (non-hydrogen) atoms. The molecule has 0 radical (unpaired) electrons. The Morgan fingerprint density at radius 1 is 1.14 bits per heavy atom. The monoisotopic (exact) mass is 322 g/mol. The van der Waals surface area contributed by atoms with Crippen LogP contribution in [0, 0.1) is 6.92 Å². The minimum Gasteiger partial charge on any atom is -0.493 e. The predicted octanol–water partition coefficient (Wildman–Crippen LogP) is 2.27. The molecule has 3 rings (SSSR count). The number of aryl methyl sites for hydroxylation is 1. The molecule has 116 valence electrons. The number of halogens is 1. The first-order chi connectivity index (χ1) is 10.7. The van der Waals surface area contributed by atoms with Crippen LogP contribution < -0.4 is 9.47 Å². The quantitative estimate of drug-likeness (QED) is 0.671. The third-order valence-electron chi connectivity index (χ3n) is 3.27. The van der Waals surface area contributed by atoms with Crippen LogP contribution in [0.1, 0.15) is 5.82 Å². The number of nitrogens with zero attached hydrogens (tertiary/aromatic N) is 4. The molecule has 0 amide bonds. The lowest BCUT2D eigenvalue weighted by molar-refractivity contribution is 0.144. The lowest BCUT2D eigenvalue weighted by Gasteiger charge is -2.12. The van der Waals surface area contributed by atoms with Crippen LogP contribution in [0.4, 0.5) is 0 Å². The molecule has 2 heterocycles. The van der Waals surface area contributed by atoms with Gasteiger partial charge in [-0.1, -0.05) is 11.6 Å². The fraction of sp³-hybridized carbons (Fsp3) is 0.357. The van der Waals surface area contributed by atoms with Crippen LogP contribution in [-0.2, 0) is 4.74 Å². The smallest absolute Gasteiger partial charge is 0.199 e. The summed E-state index contributed by atoms with van der Waals surface area (Å²) in [6.07, 6.45) is 0. The van der Waals surface area contributed by atoms with Crippen molar-refractivity contribution in [3.05, 3.63) is 23.1 Å². The van der Waals surface area contributed by atoms with Crippen molar-refractivity contribution < 1.29 is 14.2 Å². The molecular formula is C14H15ClN4O3. The number of benzene rings is 1. The highest BCUT2D eigenvalue weighted by molar-refractivity contribution is 6.32. The molecule has 7 nitrogen and oxygen atoms in total. The van der Waals surface area contributed by atoms with E-state index >= 15 is 0 Å². The molecule has 0 fully saturated rings. The van der Waals surface area contributed by atoms with E-state index in [9.17, 15) is 0 Å². The van der Waals surface area contributed by atoms with Crippen LogP contribution in [0.2, 0.25) is 5.15 Å². The van der Waals surface area contributed by atoms with E-state index in [1.54, 1.807) is 20.3 Å². The summed E-state index contributed by atoms with van der Waals surface area (Å²) in [5.74, 6) is 1.90. The second-order valence-electron chi connectivity index (χ2n) is 4.64. The van der Waals surface area contributed by atoms with E-state index in [0.29, 0.717) is 41.0 Å². The number of aromatic nitrogens is 4. The third-order valence-corrected chi connectivity index (χ3v) is 3.53. The summed E-state index contributed by atoms with van der Waals surface area (Å²) in [5, 5.41) is 8.39. The largest absolute Gasteiger partial charge is 0.493 e. The summed E-state index contributed by atoms with van der Waals surface area (Å²) in [7, 11) is 3.20. The first kappa shape index (κ1) is 14.8. The molecule has 0 spiro atoms. The first-order valence-corrected chi connectivity index (χ1v) is 7.04. The van der Waals surface area contributed by atoms with Gasteiger partial charge in [0.1, 0.15) is 12.4 Å². The van der Waals surface area contributed by atoms with Crippen molar-refractivity contribution in [3.8, 4) is 11.5 Å². The molecular weight excluding hydrogens is 308 g/mol. The first-order valence-electron chi connectivity index (χ1n) is 6.66. The molecule has 0 aliphatic rings. The second kappa shape index (κ2) is 5.94. The van der Waals surface area contributed by atoms with Gasteiger partial charge < -0.3 is 14.2 Å². The fourth-order valence-corrected chi connectivity index (χ4v) is 2.47. The number of methoxy groups -OCH3 is 2. The van der Waals surface area contributed by atoms with Gasteiger partial charge in [-0.3, -0.25) is 4.40 Å². The molecule has 0 bridgehead atoms. The summed E-state index contributed by atoms with van der Waals surface area (Å²) < 4.78 is 17.9. The Bertz CT molecular complexity index is 834. The van der Waals surface area contributed by atoms with Crippen molar-refractivity contribution in [2.75, 3.05) is 27.4 Å². The van der Waals surface area contributed by atoms with Gasteiger partial charge in [0.15, 0.2) is 22.3 Å². The van der Waals surface area contributed by atoms with E-state index in [1.807, 2.05) is 17.4 Å². The summed E-state index contributed by atoms with van der Waals surface area (Å²) in [4.78, 5) is 4.35. The van der Waals surface area contributed by atoms with Gasteiger partial charge in [0, 0.05) is 19.2 Å². The highest BCUT2D eigenvalue weighted by Crippen LogP contribution is 2.33. The van der Waals surface area contributed by atoms with E-state index in [1.165, 1.54) is 0 Å². The van der Waals surface area contributed by atoms with Gasteiger partial charge >= 0.3 is 0 Å². The Hall–Kier alpha value is -2.12. The number of hydrogen-bond donors (Lipinski definition) is 0. The van der Waals surface area contributed by atoms with Crippen molar-refractivity contribution in [1.29, 1.82) is 0 Å². The Balaban J connectivity index is 2.22. The van der Waals surface area contributed by atoms with Gasteiger partial charge in [0.25, 0.3) is 0 Å². The molecule has 1 aromatic carbocycles. The summed E-state index contributed by atoms with van der Waals surface area (Å²) in [6.45, 7) is 2.76. The third kappa shape index (κ3) is 2.42. The van der Waals surface area contributed by atoms with E-state index in [2.05, 4.69) is 15.2 Å². The molecule has 8 heteroatoms. The molecule has 0 atom stereocenters. The van der Waals surface area contributed by atoms with E-state index in [4.69, 9.17) is 25.8 Å². The van der Waals surface area contributed by atoms with E-state index in [0.717, 1.165) is 11.3 Å². The average Bonchev–Trinajstić information content (AvgIpc) is 2.90. The fourth-order valence-electron chi connectivity index (χ4n) is 2.25. The zero-order valence-electron chi connectivity index (χ0n) is 12.5. The van der Waals surface area contributed by atoms with E-state index in [-0.39, 0.29) is 0 Å². The van der Waals surface area contributed by atoms with E-state index < -0.39 is 0 Å². The average molecular weight is 323 g/mol. The maximum absolute atomic E-state index is 6.16. The molecule has 3 aromatic rings. The van der Waals surface area contributed by atoms with Crippen LogP contribution >= 0.6 is 11.6 Å².